The highest BCUT2D eigenvalue weighted by molar-refractivity contribution is 5.91. The van der Waals surface area contributed by atoms with Gasteiger partial charge in [-0.25, -0.2) is 9.37 Å². The van der Waals surface area contributed by atoms with E-state index in [1.807, 2.05) is 4.90 Å². The van der Waals surface area contributed by atoms with E-state index in [0.29, 0.717) is 18.7 Å². The highest BCUT2D eigenvalue weighted by Gasteiger charge is 2.30. The van der Waals surface area contributed by atoms with E-state index in [-0.39, 0.29) is 30.5 Å². The number of halogens is 4. The topological polar surface area (TPSA) is 71.3 Å². The second-order valence-corrected chi connectivity index (χ2v) is 8.13. The standard InChI is InChI=1S/C26H22F4N4O2/c27-22-7-3-20(4-8-22)15-34(14-19-1-5-21(6-2-19)26(28,29)30)16-24-33-23(17-36-24)25(35)32-13-18-9-11-31-12-10-18/h1-12,17H,13-16H2,(H,32,35). The van der Waals surface area contributed by atoms with Gasteiger partial charge in [-0.05, 0) is 53.1 Å². The van der Waals surface area contributed by atoms with Crippen molar-refractivity contribution in [3.63, 3.8) is 0 Å². The van der Waals surface area contributed by atoms with Crippen LogP contribution >= 0.6 is 0 Å². The number of amides is 1. The minimum atomic E-state index is -4.42. The maximum absolute atomic E-state index is 13.3. The Morgan fingerprint density at radius 2 is 1.47 bits per heavy atom. The molecule has 0 unspecified atom stereocenters. The van der Waals surface area contributed by atoms with E-state index in [1.165, 1.54) is 30.5 Å². The molecule has 1 amide bonds. The van der Waals surface area contributed by atoms with Gasteiger partial charge >= 0.3 is 6.18 Å². The summed E-state index contributed by atoms with van der Waals surface area (Å²) < 4.78 is 57.6. The Kier molecular flexibility index (Phi) is 7.74. The van der Waals surface area contributed by atoms with Crippen LogP contribution in [0.1, 0.15) is 38.6 Å². The molecule has 186 valence electrons. The molecule has 0 aliphatic rings. The second-order valence-electron chi connectivity index (χ2n) is 8.13. The fourth-order valence-electron chi connectivity index (χ4n) is 3.53. The lowest BCUT2D eigenvalue weighted by Crippen LogP contribution is -2.24. The van der Waals surface area contributed by atoms with E-state index in [1.54, 1.807) is 36.7 Å². The van der Waals surface area contributed by atoms with Crippen LogP contribution in [0.3, 0.4) is 0 Å². The summed E-state index contributed by atoms with van der Waals surface area (Å²) >= 11 is 0. The quantitative estimate of drug-likeness (QED) is 0.315. The minimum Gasteiger partial charge on any atom is -0.447 e. The number of carbonyl (C=O) groups is 1. The SMILES string of the molecule is O=C(NCc1ccncc1)c1coc(CN(Cc2ccc(F)cc2)Cc2ccc(C(F)(F)F)cc2)n1. The molecular weight excluding hydrogens is 476 g/mol. The summed E-state index contributed by atoms with van der Waals surface area (Å²) in [4.78, 5) is 22.5. The van der Waals surface area contributed by atoms with E-state index in [2.05, 4.69) is 15.3 Å². The molecule has 0 fully saturated rings. The molecule has 2 heterocycles. The molecule has 2 aromatic carbocycles. The molecule has 0 spiro atoms. The molecule has 0 atom stereocenters. The molecule has 10 heteroatoms. The van der Waals surface area contributed by atoms with Crippen LogP contribution in [0.15, 0.2) is 83.7 Å². The van der Waals surface area contributed by atoms with Gasteiger partial charge in [0.25, 0.3) is 5.91 Å². The number of benzene rings is 2. The van der Waals surface area contributed by atoms with Crippen LogP contribution in [0.4, 0.5) is 17.6 Å². The largest absolute Gasteiger partial charge is 0.447 e. The summed E-state index contributed by atoms with van der Waals surface area (Å²) in [5, 5.41) is 2.75. The van der Waals surface area contributed by atoms with Gasteiger partial charge < -0.3 is 9.73 Å². The number of nitrogens with zero attached hydrogens (tertiary/aromatic N) is 3. The summed E-state index contributed by atoms with van der Waals surface area (Å²) in [6.07, 6.45) is 0.0916. The van der Waals surface area contributed by atoms with Crippen LogP contribution in [0.25, 0.3) is 0 Å². The maximum atomic E-state index is 13.3. The summed E-state index contributed by atoms with van der Waals surface area (Å²) in [7, 11) is 0. The van der Waals surface area contributed by atoms with E-state index >= 15 is 0 Å². The second kappa shape index (κ2) is 11.1. The first-order valence-electron chi connectivity index (χ1n) is 11.0. The average Bonchev–Trinajstić information content (AvgIpc) is 3.33. The summed E-state index contributed by atoms with van der Waals surface area (Å²) in [5.74, 6) is -0.518. The molecule has 0 saturated carbocycles. The zero-order chi connectivity index (χ0) is 25.5. The van der Waals surface area contributed by atoms with Gasteiger partial charge in [0.2, 0.25) is 5.89 Å². The number of aromatic nitrogens is 2. The molecule has 4 rings (SSSR count). The Hall–Kier alpha value is -4.05. The molecular formula is C26H22F4N4O2. The summed E-state index contributed by atoms with van der Waals surface area (Å²) in [6.45, 7) is 1.11. The Balaban J connectivity index is 1.45. The molecule has 0 aliphatic heterocycles. The number of pyridine rings is 1. The van der Waals surface area contributed by atoms with Crippen molar-refractivity contribution in [3.8, 4) is 0 Å². The number of oxazole rings is 1. The van der Waals surface area contributed by atoms with Gasteiger partial charge in [-0.3, -0.25) is 14.7 Å². The molecule has 2 aromatic heterocycles. The monoisotopic (exact) mass is 498 g/mol. The molecule has 0 bridgehead atoms. The zero-order valence-electron chi connectivity index (χ0n) is 19.0. The third-order valence-corrected chi connectivity index (χ3v) is 5.35. The Bertz CT molecular complexity index is 1270. The molecule has 0 aliphatic carbocycles. The third kappa shape index (κ3) is 6.98. The van der Waals surface area contributed by atoms with Gasteiger partial charge in [0.15, 0.2) is 5.69 Å². The van der Waals surface area contributed by atoms with Crippen molar-refractivity contribution in [2.75, 3.05) is 0 Å². The van der Waals surface area contributed by atoms with Crippen molar-refractivity contribution < 1.29 is 26.8 Å². The van der Waals surface area contributed by atoms with E-state index in [0.717, 1.165) is 23.3 Å². The van der Waals surface area contributed by atoms with Crippen LogP contribution in [-0.4, -0.2) is 20.8 Å². The number of alkyl halides is 3. The van der Waals surface area contributed by atoms with Crippen molar-refractivity contribution in [1.82, 2.24) is 20.2 Å². The Labute approximate surface area is 204 Å². The van der Waals surface area contributed by atoms with E-state index in [9.17, 15) is 22.4 Å². The van der Waals surface area contributed by atoms with Gasteiger partial charge in [-0.15, -0.1) is 0 Å². The van der Waals surface area contributed by atoms with Gasteiger partial charge in [0, 0.05) is 32.0 Å². The fraction of sp³-hybridized carbons (Fsp3) is 0.192. The van der Waals surface area contributed by atoms with Crippen molar-refractivity contribution in [2.45, 2.75) is 32.4 Å². The number of hydrogen-bond donors (Lipinski definition) is 1. The van der Waals surface area contributed by atoms with Gasteiger partial charge in [-0.1, -0.05) is 24.3 Å². The smallest absolute Gasteiger partial charge is 0.416 e. The lowest BCUT2D eigenvalue weighted by molar-refractivity contribution is -0.137. The summed E-state index contributed by atoms with van der Waals surface area (Å²) in [5.41, 5.74) is 1.70. The lowest BCUT2D eigenvalue weighted by atomic mass is 10.1. The predicted octanol–water partition coefficient (Wildman–Crippen LogP) is 5.36. The van der Waals surface area contributed by atoms with Crippen molar-refractivity contribution in [3.05, 3.63) is 119 Å². The first kappa shape index (κ1) is 25.1. The Morgan fingerprint density at radius 1 is 0.861 bits per heavy atom. The molecule has 0 saturated heterocycles. The average molecular weight is 498 g/mol. The van der Waals surface area contributed by atoms with Crippen molar-refractivity contribution in [2.24, 2.45) is 0 Å². The number of carbonyl (C=O) groups excluding carboxylic acids is 1. The molecule has 0 radical (unpaired) electrons. The fourth-order valence-corrected chi connectivity index (χ4v) is 3.53. The minimum absolute atomic E-state index is 0.107. The normalized spacial score (nSPS) is 11.6. The third-order valence-electron chi connectivity index (χ3n) is 5.35. The van der Waals surface area contributed by atoms with Gasteiger partial charge in [-0.2, -0.15) is 13.2 Å². The van der Waals surface area contributed by atoms with Gasteiger partial charge in [0.1, 0.15) is 12.1 Å². The highest BCUT2D eigenvalue weighted by atomic mass is 19.4. The van der Waals surface area contributed by atoms with Crippen molar-refractivity contribution in [1.29, 1.82) is 0 Å². The van der Waals surface area contributed by atoms with Gasteiger partial charge in [0.05, 0.1) is 12.1 Å². The Morgan fingerprint density at radius 3 is 2.08 bits per heavy atom. The van der Waals surface area contributed by atoms with E-state index < -0.39 is 17.6 Å². The predicted molar refractivity (Wildman–Crippen MR) is 123 cm³/mol. The first-order chi connectivity index (χ1) is 17.3. The molecule has 1 N–H and O–H groups in total. The van der Waals surface area contributed by atoms with Crippen LogP contribution < -0.4 is 5.32 Å². The maximum Gasteiger partial charge on any atom is 0.416 e. The van der Waals surface area contributed by atoms with Crippen molar-refractivity contribution >= 4 is 5.91 Å². The number of nitrogens with one attached hydrogen (secondary N) is 1. The number of rotatable bonds is 9. The highest BCUT2D eigenvalue weighted by Crippen LogP contribution is 2.29. The zero-order valence-corrected chi connectivity index (χ0v) is 19.0. The lowest BCUT2D eigenvalue weighted by Gasteiger charge is -2.21. The molecule has 36 heavy (non-hydrogen) atoms. The van der Waals surface area contributed by atoms with Crippen LogP contribution in [0.5, 0.6) is 0 Å². The van der Waals surface area contributed by atoms with E-state index in [4.69, 9.17) is 4.42 Å². The molecule has 4 aromatic rings. The van der Waals surface area contributed by atoms with Crippen LogP contribution in [-0.2, 0) is 32.4 Å². The molecule has 6 nitrogen and oxygen atoms in total. The summed E-state index contributed by atoms with van der Waals surface area (Å²) in [6, 6.07) is 14.4. The first-order valence-corrected chi connectivity index (χ1v) is 11.0. The van der Waals surface area contributed by atoms with Crippen LogP contribution in [0, 0.1) is 5.82 Å². The van der Waals surface area contributed by atoms with Crippen LogP contribution in [0.2, 0.25) is 0 Å². The number of hydrogen-bond acceptors (Lipinski definition) is 5.